The van der Waals surface area contributed by atoms with Crippen LogP contribution in [0.25, 0.3) is 0 Å². The van der Waals surface area contributed by atoms with Crippen molar-refractivity contribution in [1.82, 2.24) is 20.3 Å². The van der Waals surface area contributed by atoms with E-state index in [0.29, 0.717) is 6.04 Å². The second-order valence-corrected chi connectivity index (χ2v) is 3.94. The van der Waals surface area contributed by atoms with E-state index in [1.165, 1.54) is 30.7 Å². The predicted octanol–water partition coefficient (Wildman–Crippen LogP) is 0.649. The van der Waals surface area contributed by atoms with E-state index in [9.17, 15) is 0 Å². The van der Waals surface area contributed by atoms with E-state index in [0.717, 1.165) is 19.5 Å². The molecule has 0 unspecified atom stereocenters. The highest BCUT2D eigenvalue weighted by Crippen LogP contribution is 2.32. The zero-order chi connectivity index (χ0) is 8.67. The first-order valence-corrected chi connectivity index (χ1v) is 5.09. The summed E-state index contributed by atoms with van der Waals surface area (Å²) in [5, 5.41) is 11.8. The van der Waals surface area contributed by atoms with Crippen LogP contribution in [-0.2, 0) is 13.0 Å². The molecule has 2 aliphatic rings. The van der Waals surface area contributed by atoms with Gasteiger partial charge in [0.25, 0.3) is 0 Å². The molecule has 1 aromatic rings. The second kappa shape index (κ2) is 2.80. The summed E-state index contributed by atoms with van der Waals surface area (Å²) < 4.78 is 2.14. The Morgan fingerprint density at radius 3 is 3.08 bits per heavy atom. The zero-order valence-corrected chi connectivity index (χ0v) is 7.66. The van der Waals surface area contributed by atoms with E-state index in [1.54, 1.807) is 0 Å². The number of nitrogens with one attached hydrogen (secondary N) is 1. The molecule has 0 spiro atoms. The van der Waals surface area contributed by atoms with Crippen LogP contribution in [0.15, 0.2) is 0 Å². The molecule has 1 N–H and O–H groups in total. The summed E-state index contributed by atoms with van der Waals surface area (Å²) >= 11 is 0. The fourth-order valence-electron chi connectivity index (χ4n) is 2.06. The zero-order valence-electron chi connectivity index (χ0n) is 7.66. The molecule has 3 rings (SSSR count). The molecule has 0 radical (unpaired) electrons. The standard InChI is InChI=1S/C9H14N4/c1-2-7(3-1)13-9-6-10-5-4-8(9)11-12-13/h7,10H,1-6H2. The summed E-state index contributed by atoms with van der Waals surface area (Å²) in [6.07, 6.45) is 4.97. The lowest BCUT2D eigenvalue weighted by Crippen LogP contribution is -2.28. The Morgan fingerprint density at radius 1 is 1.38 bits per heavy atom. The molecule has 0 amide bonds. The summed E-state index contributed by atoms with van der Waals surface area (Å²) in [5.41, 5.74) is 2.54. The van der Waals surface area contributed by atoms with Crippen LogP contribution >= 0.6 is 0 Å². The van der Waals surface area contributed by atoms with Gasteiger partial charge in [-0.2, -0.15) is 0 Å². The summed E-state index contributed by atoms with van der Waals surface area (Å²) in [6.45, 7) is 2.01. The van der Waals surface area contributed by atoms with Gasteiger partial charge in [-0.25, -0.2) is 4.68 Å². The lowest BCUT2D eigenvalue weighted by atomic mass is 9.93. The Hall–Kier alpha value is -0.900. The second-order valence-electron chi connectivity index (χ2n) is 3.94. The van der Waals surface area contributed by atoms with E-state index in [-0.39, 0.29) is 0 Å². The maximum absolute atomic E-state index is 4.25. The average molecular weight is 178 g/mol. The van der Waals surface area contributed by atoms with Crippen LogP contribution in [-0.4, -0.2) is 21.5 Å². The highest BCUT2D eigenvalue weighted by atomic mass is 15.5. The third-order valence-electron chi connectivity index (χ3n) is 3.12. The van der Waals surface area contributed by atoms with Crippen LogP contribution in [0.5, 0.6) is 0 Å². The van der Waals surface area contributed by atoms with Crippen LogP contribution in [0.4, 0.5) is 0 Å². The summed E-state index contributed by atoms with van der Waals surface area (Å²) in [6, 6.07) is 0.649. The predicted molar refractivity (Wildman–Crippen MR) is 48.3 cm³/mol. The molecule has 13 heavy (non-hydrogen) atoms. The van der Waals surface area contributed by atoms with Crippen molar-refractivity contribution >= 4 is 0 Å². The quantitative estimate of drug-likeness (QED) is 0.686. The fraction of sp³-hybridized carbons (Fsp3) is 0.778. The average Bonchev–Trinajstić information content (AvgIpc) is 2.47. The van der Waals surface area contributed by atoms with Gasteiger partial charge in [0.1, 0.15) is 0 Å². The van der Waals surface area contributed by atoms with Crippen molar-refractivity contribution in [2.45, 2.75) is 38.3 Å². The molecule has 0 atom stereocenters. The van der Waals surface area contributed by atoms with Gasteiger partial charge in [0, 0.05) is 19.5 Å². The molecule has 1 aromatic heterocycles. The molecule has 70 valence electrons. The largest absolute Gasteiger partial charge is 0.311 e. The van der Waals surface area contributed by atoms with Gasteiger partial charge in [-0.3, -0.25) is 0 Å². The van der Waals surface area contributed by atoms with Crippen LogP contribution < -0.4 is 5.32 Å². The minimum atomic E-state index is 0.649. The monoisotopic (exact) mass is 178 g/mol. The SMILES string of the molecule is C1CC(n2nnc3c2CNCC3)C1. The molecule has 0 saturated heterocycles. The molecular formula is C9H14N4. The maximum atomic E-state index is 4.25. The number of rotatable bonds is 1. The molecule has 4 heteroatoms. The lowest BCUT2D eigenvalue weighted by molar-refractivity contribution is 0.275. The topological polar surface area (TPSA) is 42.7 Å². The summed E-state index contributed by atoms with van der Waals surface area (Å²) in [4.78, 5) is 0. The van der Waals surface area contributed by atoms with Gasteiger partial charge in [0.2, 0.25) is 0 Å². The van der Waals surface area contributed by atoms with Gasteiger partial charge >= 0.3 is 0 Å². The van der Waals surface area contributed by atoms with Crippen molar-refractivity contribution in [3.05, 3.63) is 11.4 Å². The molecule has 0 bridgehead atoms. The van der Waals surface area contributed by atoms with Gasteiger partial charge in [-0.05, 0) is 19.3 Å². The van der Waals surface area contributed by atoms with Gasteiger partial charge in [0.05, 0.1) is 17.4 Å². The lowest BCUT2D eigenvalue weighted by Gasteiger charge is -2.27. The van der Waals surface area contributed by atoms with Gasteiger partial charge in [-0.1, -0.05) is 5.21 Å². The summed E-state index contributed by atoms with van der Waals surface area (Å²) in [7, 11) is 0. The van der Waals surface area contributed by atoms with Crippen LogP contribution in [0.1, 0.15) is 36.7 Å². The number of fused-ring (bicyclic) bond motifs is 1. The van der Waals surface area contributed by atoms with E-state index in [1.807, 2.05) is 0 Å². The van der Waals surface area contributed by atoms with Crippen molar-refractivity contribution in [1.29, 1.82) is 0 Å². The van der Waals surface area contributed by atoms with Gasteiger partial charge < -0.3 is 5.32 Å². The number of hydrogen-bond donors (Lipinski definition) is 1. The fourth-order valence-corrected chi connectivity index (χ4v) is 2.06. The van der Waals surface area contributed by atoms with Crippen LogP contribution in [0, 0.1) is 0 Å². The van der Waals surface area contributed by atoms with Crippen molar-refractivity contribution in [3.63, 3.8) is 0 Å². The van der Waals surface area contributed by atoms with E-state index < -0.39 is 0 Å². The first-order valence-electron chi connectivity index (χ1n) is 5.09. The molecule has 4 nitrogen and oxygen atoms in total. The minimum absolute atomic E-state index is 0.649. The molecule has 1 aliphatic heterocycles. The molecule has 1 saturated carbocycles. The first kappa shape index (κ1) is 7.50. The number of nitrogens with zero attached hydrogens (tertiary/aromatic N) is 3. The molecule has 1 fully saturated rings. The van der Waals surface area contributed by atoms with Crippen molar-refractivity contribution in [2.75, 3.05) is 6.54 Å². The smallest absolute Gasteiger partial charge is 0.0885 e. The normalized spacial score (nSPS) is 22.5. The third-order valence-corrected chi connectivity index (χ3v) is 3.12. The number of hydrogen-bond acceptors (Lipinski definition) is 3. The number of aromatic nitrogens is 3. The van der Waals surface area contributed by atoms with Crippen LogP contribution in [0.3, 0.4) is 0 Å². The molecule has 0 aromatic carbocycles. The van der Waals surface area contributed by atoms with E-state index in [2.05, 4.69) is 20.3 Å². The minimum Gasteiger partial charge on any atom is -0.311 e. The van der Waals surface area contributed by atoms with Crippen LogP contribution in [0.2, 0.25) is 0 Å². The Morgan fingerprint density at radius 2 is 2.31 bits per heavy atom. The molecule has 1 aliphatic carbocycles. The Balaban J connectivity index is 1.95. The summed E-state index contributed by atoms with van der Waals surface area (Å²) in [5.74, 6) is 0. The van der Waals surface area contributed by atoms with E-state index in [4.69, 9.17) is 0 Å². The maximum Gasteiger partial charge on any atom is 0.0885 e. The van der Waals surface area contributed by atoms with Crippen molar-refractivity contribution in [3.8, 4) is 0 Å². The Kier molecular flexibility index (Phi) is 1.62. The van der Waals surface area contributed by atoms with Gasteiger partial charge in [0.15, 0.2) is 0 Å². The highest BCUT2D eigenvalue weighted by Gasteiger charge is 2.25. The Bertz CT molecular complexity index is 313. The van der Waals surface area contributed by atoms with E-state index >= 15 is 0 Å². The highest BCUT2D eigenvalue weighted by molar-refractivity contribution is 5.14. The molecular weight excluding hydrogens is 164 g/mol. The molecule has 2 heterocycles. The first-order chi connectivity index (χ1) is 6.45. The van der Waals surface area contributed by atoms with Crippen molar-refractivity contribution < 1.29 is 0 Å². The Labute approximate surface area is 77.3 Å². The van der Waals surface area contributed by atoms with Crippen molar-refractivity contribution in [2.24, 2.45) is 0 Å². The van der Waals surface area contributed by atoms with Gasteiger partial charge in [-0.15, -0.1) is 5.10 Å². The third kappa shape index (κ3) is 1.09.